The summed E-state index contributed by atoms with van der Waals surface area (Å²) in [4.78, 5) is 0. The van der Waals surface area contributed by atoms with Gasteiger partial charge in [-0.3, -0.25) is 4.57 Å². The SMILES string of the molecule is CC(O)c1cc(F)ccc1OCCn1c(O)ccc1O. The van der Waals surface area contributed by atoms with Gasteiger partial charge in [0.15, 0.2) is 11.8 Å². The maximum Gasteiger partial charge on any atom is 0.193 e. The summed E-state index contributed by atoms with van der Waals surface area (Å²) in [5.41, 5.74) is 0.353. The zero-order valence-corrected chi connectivity index (χ0v) is 11.0. The molecular formula is C14H16FNO4. The Balaban J connectivity index is 2.04. The predicted octanol–water partition coefficient (Wildman–Crippen LogP) is 2.17. The smallest absolute Gasteiger partial charge is 0.193 e. The Hall–Kier alpha value is -2.21. The van der Waals surface area contributed by atoms with E-state index < -0.39 is 11.9 Å². The van der Waals surface area contributed by atoms with Gasteiger partial charge in [0.2, 0.25) is 0 Å². The first kappa shape index (κ1) is 14.2. The van der Waals surface area contributed by atoms with Crippen molar-refractivity contribution in [2.24, 2.45) is 0 Å². The quantitative estimate of drug-likeness (QED) is 0.785. The summed E-state index contributed by atoms with van der Waals surface area (Å²) >= 11 is 0. The number of hydrogen-bond donors (Lipinski definition) is 3. The fourth-order valence-electron chi connectivity index (χ4n) is 1.90. The molecule has 0 bridgehead atoms. The van der Waals surface area contributed by atoms with Crippen LogP contribution >= 0.6 is 0 Å². The maximum atomic E-state index is 13.1. The maximum absolute atomic E-state index is 13.1. The largest absolute Gasteiger partial charge is 0.494 e. The molecule has 108 valence electrons. The number of benzene rings is 1. The third-order valence-electron chi connectivity index (χ3n) is 2.93. The van der Waals surface area contributed by atoms with E-state index in [0.717, 1.165) is 0 Å². The first-order chi connectivity index (χ1) is 9.49. The minimum atomic E-state index is -0.853. The topological polar surface area (TPSA) is 74.9 Å². The zero-order valence-electron chi connectivity index (χ0n) is 11.0. The molecule has 1 unspecified atom stereocenters. The highest BCUT2D eigenvalue weighted by Gasteiger charge is 2.11. The number of nitrogens with zero attached hydrogens (tertiary/aromatic N) is 1. The standard InChI is InChI=1S/C14H16FNO4/c1-9(17)11-8-10(15)2-3-12(11)20-7-6-16-13(18)4-5-14(16)19/h2-5,8-9,17-19H,6-7H2,1H3. The van der Waals surface area contributed by atoms with E-state index in [9.17, 15) is 19.7 Å². The molecule has 3 N–H and O–H groups in total. The number of halogens is 1. The predicted molar refractivity (Wildman–Crippen MR) is 70.3 cm³/mol. The summed E-state index contributed by atoms with van der Waals surface area (Å²) in [5.74, 6) is -0.219. The zero-order chi connectivity index (χ0) is 14.7. The van der Waals surface area contributed by atoms with Gasteiger partial charge in [0.25, 0.3) is 0 Å². The molecule has 1 atom stereocenters. The molecule has 6 heteroatoms. The molecule has 0 aliphatic rings. The Morgan fingerprint density at radius 1 is 1.20 bits per heavy atom. The van der Waals surface area contributed by atoms with E-state index in [0.29, 0.717) is 11.3 Å². The van der Waals surface area contributed by atoms with Crippen molar-refractivity contribution >= 4 is 0 Å². The molecule has 1 heterocycles. The van der Waals surface area contributed by atoms with Gasteiger partial charge in [-0.1, -0.05) is 0 Å². The lowest BCUT2D eigenvalue weighted by molar-refractivity contribution is 0.189. The van der Waals surface area contributed by atoms with E-state index in [1.54, 1.807) is 0 Å². The molecule has 5 nitrogen and oxygen atoms in total. The third-order valence-corrected chi connectivity index (χ3v) is 2.93. The molecule has 0 fully saturated rings. The second-order valence-electron chi connectivity index (χ2n) is 4.41. The Morgan fingerprint density at radius 3 is 2.45 bits per heavy atom. The van der Waals surface area contributed by atoms with Gasteiger partial charge in [-0.25, -0.2) is 4.39 Å². The van der Waals surface area contributed by atoms with Crippen LogP contribution in [0.5, 0.6) is 17.5 Å². The average molecular weight is 281 g/mol. The van der Waals surface area contributed by atoms with Crippen molar-refractivity contribution in [3.63, 3.8) is 0 Å². The van der Waals surface area contributed by atoms with Crippen LogP contribution in [0, 0.1) is 5.82 Å². The molecule has 0 saturated heterocycles. The number of ether oxygens (including phenoxy) is 1. The summed E-state index contributed by atoms with van der Waals surface area (Å²) in [6.07, 6.45) is -0.853. The van der Waals surface area contributed by atoms with Gasteiger partial charge in [0.1, 0.15) is 18.2 Å². The van der Waals surface area contributed by atoms with Crippen molar-refractivity contribution in [2.45, 2.75) is 19.6 Å². The van der Waals surface area contributed by atoms with Crippen LogP contribution < -0.4 is 4.74 Å². The molecule has 20 heavy (non-hydrogen) atoms. The molecule has 0 saturated carbocycles. The van der Waals surface area contributed by atoms with Crippen LogP contribution in [0.3, 0.4) is 0 Å². The van der Waals surface area contributed by atoms with Crippen molar-refractivity contribution < 1.29 is 24.4 Å². The van der Waals surface area contributed by atoms with Gasteiger partial charge in [-0.2, -0.15) is 0 Å². The number of aliphatic hydroxyl groups is 1. The number of aromatic nitrogens is 1. The molecular weight excluding hydrogens is 265 g/mol. The Kier molecular flexibility index (Phi) is 4.14. The van der Waals surface area contributed by atoms with Gasteiger partial charge in [-0.15, -0.1) is 0 Å². The fraction of sp³-hybridized carbons (Fsp3) is 0.286. The highest BCUT2D eigenvalue weighted by Crippen LogP contribution is 2.26. The lowest BCUT2D eigenvalue weighted by Crippen LogP contribution is -2.09. The summed E-state index contributed by atoms with van der Waals surface area (Å²) in [6, 6.07) is 6.63. The monoisotopic (exact) mass is 281 g/mol. The van der Waals surface area contributed by atoms with Crippen molar-refractivity contribution in [1.29, 1.82) is 0 Å². The van der Waals surface area contributed by atoms with Gasteiger partial charge in [-0.05, 0) is 25.1 Å². The summed E-state index contributed by atoms with van der Waals surface area (Å²) in [7, 11) is 0. The third kappa shape index (κ3) is 3.03. The highest BCUT2D eigenvalue weighted by molar-refractivity contribution is 5.35. The lowest BCUT2D eigenvalue weighted by atomic mass is 10.1. The molecule has 0 radical (unpaired) electrons. The Labute approximate surface area is 115 Å². The van der Waals surface area contributed by atoms with Gasteiger partial charge in [0.05, 0.1) is 12.6 Å². The van der Waals surface area contributed by atoms with Crippen LogP contribution in [0.4, 0.5) is 4.39 Å². The second kappa shape index (κ2) is 5.83. The number of rotatable bonds is 5. The fourth-order valence-corrected chi connectivity index (χ4v) is 1.90. The van der Waals surface area contributed by atoms with Crippen LogP contribution in [0.2, 0.25) is 0 Å². The van der Waals surface area contributed by atoms with Crippen molar-refractivity contribution in [2.75, 3.05) is 6.61 Å². The van der Waals surface area contributed by atoms with Crippen molar-refractivity contribution in [1.82, 2.24) is 4.57 Å². The summed E-state index contributed by atoms with van der Waals surface area (Å²) in [5, 5.41) is 28.5. The van der Waals surface area contributed by atoms with E-state index in [2.05, 4.69) is 0 Å². The number of aromatic hydroxyl groups is 2. The molecule has 0 aliphatic carbocycles. The summed E-state index contributed by atoms with van der Waals surface area (Å²) < 4.78 is 19.9. The van der Waals surface area contributed by atoms with E-state index in [1.165, 1.54) is 41.8 Å². The van der Waals surface area contributed by atoms with Crippen molar-refractivity contribution in [3.05, 3.63) is 41.7 Å². The highest BCUT2D eigenvalue weighted by atomic mass is 19.1. The van der Waals surface area contributed by atoms with Crippen LogP contribution in [0.15, 0.2) is 30.3 Å². The minimum absolute atomic E-state index is 0.0686. The van der Waals surface area contributed by atoms with Crippen LogP contribution in [-0.2, 0) is 6.54 Å². The van der Waals surface area contributed by atoms with Gasteiger partial charge in [0, 0.05) is 17.7 Å². The molecule has 1 aromatic heterocycles. The molecule has 2 rings (SSSR count). The molecule has 2 aromatic rings. The van der Waals surface area contributed by atoms with Crippen LogP contribution in [-0.4, -0.2) is 26.5 Å². The Bertz CT molecular complexity index is 575. The van der Waals surface area contributed by atoms with E-state index in [-0.39, 0.29) is 24.9 Å². The van der Waals surface area contributed by atoms with E-state index >= 15 is 0 Å². The number of hydrogen-bond acceptors (Lipinski definition) is 4. The molecule has 1 aromatic carbocycles. The first-order valence-electron chi connectivity index (χ1n) is 6.17. The van der Waals surface area contributed by atoms with Crippen LogP contribution in [0.25, 0.3) is 0 Å². The van der Waals surface area contributed by atoms with E-state index in [4.69, 9.17) is 4.74 Å². The van der Waals surface area contributed by atoms with E-state index in [1.807, 2.05) is 0 Å². The molecule has 0 spiro atoms. The second-order valence-corrected chi connectivity index (χ2v) is 4.41. The molecule has 0 aliphatic heterocycles. The Morgan fingerprint density at radius 2 is 1.85 bits per heavy atom. The first-order valence-corrected chi connectivity index (χ1v) is 6.17. The van der Waals surface area contributed by atoms with Crippen molar-refractivity contribution in [3.8, 4) is 17.5 Å². The van der Waals surface area contributed by atoms with Crippen LogP contribution in [0.1, 0.15) is 18.6 Å². The number of aliphatic hydroxyl groups excluding tert-OH is 1. The molecule has 0 amide bonds. The van der Waals surface area contributed by atoms with Gasteiger partial charge < -0.3 is 20.1 Å². The minimum Gasteiger partial charge on any atom is -0.494 e. The normalized spacial score (nSPS) is 12.3. The van der Waals surface area contributed by atoms with Gasteiger partial charge >= 0.3 is 0 Å². The average Bonchev–Trinajstić information content (AvgIpc) is 2.71. The summed E-state index contributed by atoms with van der Waals surface area (Å²) in [6.45, 7) is 1.90. The lowest BCUT2D eigenvalue weighted by Gasteiger charge is -2.14.